The van der Waals surface area contributed by atoms with Gasteiger partial charge in [-0.15, -0.1) is 0 Å². The Morgan fingerprint density at radius 1 is 0.935 bits per heavy atom. The molecule has 1 aromatic rings. The Labute approximate surface area is 181 Å². The molecule has 0 spiro atoms. The Hall–Kier alpha value is -3.14. The van der Waals surface area contributed by atoms with Crippen LogP contribution in [0, 0.1) is 0 Å². The van der Waals surface area contributed by atoms with Crippen LogP contribution in [-0.4, -0.2) is 59.3 Å². The molecular weight excluding hydrogens is 406 g/mol. The van der Waals surface area contributed by atoms with Crippen molar-refractivity contribution in [2.75, 3.05) is 6.61 Å². The van der Waals surface area contributed by atoms with Crippen molar-refractivity contribution in [3.8, 4) is 0 Å². The van der Waals surface area contributed by atoms with Crippen LogP contribution >= 0.6 is 0 Å². The van der Waals surface area contributed by atoms with Gasteiger partial charge in [-0.2, -0.15) is 0 Å². The second kappa shape index (κ2) is 11.9. The maximum atomic E-state index is 12.3. The molecule has 31 heavy (non-hydrogen) atoms. The van der Waals surface area contributed by atoms with Gasteiger partial charge >= 0.3 is 12.1 Å². The van der Waals surface area contributed by atoms with Crippen molar-refractivity contribution in [3.63, 3.8) is 0 Å². The van der Waals surface area contributed by atoms with E-state index in [4.69, 9.17) is 9.47 Å². The number of carbonyl (C=O) groups is 4. The van der Waals surface area contributed by atoms with Gasteiger partial charge in [-0.25, -0.2) is 9.59 Å². The summed E-state index contributed by atoms with van der Waals surface area (Å²) in [5, 5.41) is 16.4. The van der Waals surface area contributed by atoms with Crippen molar-refractivity contribution in [2.45, 2.75) is 65.0 Å². The number of hydrogen-bond acceptors (Lipinski definition) is 7. The SMILES string of the molecule is C[C@H](NC(=O)[C@H](CO)NC(=O)OC(C)(C)C)C(=O)N[C@@H](C)C(=O)OCc1ccccc1. The van der Waals surface area contributed by atoms with Gasteiger partial charge < -0.3 is 30.5 Å². The summed E-state index contributed by atoms with van der Waals surface area (Å²) in [4.78, 5) is 48.4. The predicted molar refractivity (Wildman–Crippen MR) is 112 cm³/mol. The smallest absolute Gasteiger partial charge is 0.408 e. The number of esters is 1. The third-order valence-corrected chi connectivity index (χ3v) is 3.88. The summed E-state index contributed by atoms with van der Waals surface area (Å²) >= 11 is 0. The highest BCUT2D eigenvalue weighted by Crippen LogP contribution is 2.07. The summed E-state index contributed by atoms with van der Waals surface area (Å²) in [7, 11) is 0. The van der Waals surface area contributed by atoms with Gasteiger partial charge in [0, 0.05) is 0 Å². The fraction of sp³-hybridized carbons (Fsp3) is 0.524. The van der Waals surface area contributed by atoms with E-state index in [2.05, 4.69) is 16.0 Å². The first-order valence-electron chi connectivity index (χ1n) is 9.84. The molecule has 1 aromatic carbocycles. The summed E-state index contributed by atoms with van der Waals surface area (Å²) in [6, 6.07) is 5.79. The number of alkyl carbamates (subject to hydrolysis) is 1. The number of rotatable bonds is 9. The Morgan fingerprint density at radius 3 is 2.06 bits per heavy atom. The molecule has 0 radical (unpaired) electrons. The molecule has 0 heterocycles. The quantitative estimate of drug-likeness (QED) is 0.415. The highest BCUT2D eigenvalue weighted by Gasteiger charge is 2.27. The molecule has 1 rings (SSSR count). The van der Waals surface area contributed by atoms with Gasteiger partial charge in [0.05, 0.1) is 6.61 Å². The first-order valence-corrected chi connectivity index (χ1v) is 9.84. The summed E-state index contributed by atoms with van der Waals surface area (Å²) in [5.41, 5.74) is 0.0291. The van der Waals surface area contributed by atoms with Gasteiger partial charge in [0.25, 0.3) is 0 Å². The van der Waals surface area contributed by atoms with Crippen molar-refractivity contribution in [2.24, 2.45) is 0 Å². The number of aliphatic hydroxyl groups excluding tert-OH is 1. The van der Waals surface area contributed by atoms with Crippen LogP contribution in [0.4, 0.5) is 4.79 Å². The second-order valence-electron chi connectivity index (χ2n) is 7.94. The van der Waals surface area contributed by atoms with Crippen LogP contribution in [0.15, 0.2) is 30.3 Å². The van der Waals surface area contributed by atoms with Gasteiger partial charge in [0.2, 0.25) is 11.8 Å². The van der Waals surface area contributed by atoms with Crippen molar-refractivity contribution in [1.29, 1.82) is 0 Å². The maximum absolute atomic E-state index is 12.3. The van der Waals surface area contributed by atoms with Crippen LogP contribution in [0.25, 0.3) is 0 Å². The van der Waals surface area contributed by atoms with Gasteiger partial charge in [-0.05, 0) is 40.2 Å². The average molecular weight is 437 g/mol. The molecule has 3 amide bonds. The molecular formula is C21H31N3O7. The molecule has 3 atom stereocenters. The minimum Gasteiger partial charge on any atom is -0.459 e. The molecule has 0 unspecified atom stereocenters. The van der Waals surface area contributed by atoms with Crippen LogP contribution in [0.2, 0.25) is 0 Å². The minimum absolute atomic E-state index is 0.0701. The van der Waals surface area contributed by atoms with Crippen molar-refractivity contribution in [1.82, 2.24) is 16.0 Å². The van der Waals surface area contributed by atoms with Gasteiger partial charge in [0.15, 0.2) is 0 Å². The van der Waals surface area contributed by atoms with Crippen LogP contribution in [0.3, 0.4) is 0 Å². The van der Waals surface area contributed by atoms with Gasteiger partial charge in [-0.3, -0.25) is 9.59 Å². The Kier molecular flexibility index (Phi) is 9.94. The Morgan fingerprint density at radius 2 is 1.52 bits per heavy atom. The fourth-order valence-corrected chi connectivity index (χ4v) is 2.27. The molecule has 172 valence electrons. The highest BCUT2D eigenvalue weighted by molar-refractivity contribution is 5.92. The maximum Gasteiger partial charge on any atom is 0.408 e. The van der Waals surface area contributed by atoms with E-state index < -0.39 is 54.2 Å². The highest BCUT2D eigenvalue weighted by atomic mass is 16.6. The topological polar surface area (TPSA) is 143 Å². The molecule has 10 heteroatoms. The molecule has 0 saturated heterocycles. The van der Waals surface area contributed by atoms with E-state index in [1.54, 1.807) is 32.9 Å². The number of hydrogen-bond donors (Lipinski definition) is 4. The van der Waals surface area contributed by atoms with E-state index in [-0.39, 0.29) is 6.61 Å². The lowest BCUT2D eigenvalue weighted by atomic mass is 10.2. The van der Waals surface area contributed by atoms with E-state index in [1.807, 2.05) is 18.2 Å². The zero-order valence-electron chi connectivity index (χ0n) is 18.4. The molecule has 0 aliphatic carbocycles. The van der Waals surface area contributed by atoms with Crippen LogP contribution in [0.1, 0.15) is 40.2 Å². The number of ether oxygens (including phenoxy) is 2. The summed E-state index contributed by atoms with van der Waals surface area (Å²) in [6.45, 7) is 7.19. The molecule has 0 bridgehead atoms. The standard InChI is InChI=1S/C21H31N3O7/c1-13(22-18(27)16(11-25)24-20(29)31-21(3,4)5)17(26)23-14(2)19(28)30-12-15-9-7-6-8-10-15/h6-10,13-14,16,25H,11-12H2,1-5H3,(H,22,27)(H,23,26)(H,24,29)/t13-,14-,16-/m0/s1. The number of nitrogens with one attached hydrogen (secondary N) is 3. The lowest BCUT2D eigenvalue weighted by Gasteiger charge is -2.23. The molecule has 0 saturated carbocycles. The third-order valence-electron chi connectivity index (χ3n) is 3.88. The van der Waals surface area contributed by atoms with Crippen LogP contribution < -0.4 is 16.0 Å². The van der Waals surface area contributed by atoms with Crippen LogP contribution in [0.5, 0.6) is 0 Å². The van der Waals surface area contributed by atoms with Crippen molar-refractivity contribution < 1.29 is 33.8 Å². The average Bonchev–Trinajstić information content (AvgIpc) is 2.69. The first-order chi connectivity index (χ1) is 14.4. The summed E-state index contributed by atoms with van der Waals surface area (Å²) in [5.74, 6) is -2.04. The number of amides is 3. The van der Waals surface area contributed by atoms with E-state index >= 15 is 0 Å². The number of carbonyl (C=O) groups excluding carboxylic acids is 4. The molecule has 0 aromatic heterocycles. The zero-order valence-corrected chi connectivity index (χ0v) is 18.4. The molecule has 0 fully saturated rings. The van der Waals surface area contributed by atoms with Gasteiger partial charge in [-0.1, -0.05) is 30.3 Å². The summed E-state index contributed by atoms with van der Waals surface area (Å²) in [6.07, 6.45) is -0.881. The zero-order chi connectivity index (χ0) is 23.6. The van der Waals surface area contributed by atoms with Crippen molar-refractivity contribution >= 4 is 23.9 Å². The number of aliphatic hydroxyl groups is 1. The van der Waals surface area contributed by atoms with E-state index in [0.29, 0.717) is 0 Å². The lowest BCUT2D eigenvalue weighted by molar-refractivity contribution is -0.148. The molecule has 0 aliphatic rings. The predicted octanol–water partition coefficient (Wildman–Crippen LogP) is 0.625. The van der Waals surface area contributed by atoms with Crippen LogP contribution in [-0.2, 0) is 30.5 Å². The molecule has 0 aliphatic heterocycles. The molecule has 10 nitrogen and oxygen atoms in total. The Balaban J connectivity index is 2.50. The van der Waals surface area contributed by atoms with E-state index in [9.17, 15) is 24.3 Å². The number of benzene rings is 1. The fourth-order valence-electron chi connectivity index (χ4n) is 2.27. The van der Waals surface area contributed by atoms with E-state index in [0.717, 1.165) is 5.56 Å². The normalized spacial score (nSPS) is 13.9. The monoisotopic (exact) mass is 437 g/mol. The third kappa shape index (κ3) is 9.94. The summed E-state index contributed by atoms with van der Waals surface area (Å²) < 4.78 is 10.2. The van der Waals surface area contributed by atoms with E-state index in [1.165, 1.54) is 13.8 Å². The van der Waals surface area contributed by atoms with Gasteiger partial charge in [0.1, 0.15) is 30.3 Å². The first kappa shape index (κ1) is 25.9. The second-order valence-corrected chi connectivity index (χ2v) is 7.94. The Bertz CT molecular complexity index is 762. The molecule has 4 N–H and O–H groups in total. The largest absolute Gasteiger partial charge is 0.459 e. The lowest BCUT2D eigenvalue weighted by Crippen LogP contribution is -2.55. The van der Waals surface area contributed by atoms with Crippen molar-refractivity contribution in [3.05, 3.63) is 35.9 Å². The minimum atomic E-state index is -1.31.